The molecule has 2 aliphatic rings. The van der Waals surface area contributed by atoms with Crippen molar-refractivity contribution in [3.8, 4) is 0 Å². The Morgan fingerprint density at radius 2 is 2.25 bits per heavy atom. The molecule has 1 atom stereocenters. The molecule has 0 bridgehead atoms. The second kappa shape index (κ2) is 5.66. The van der Waals surface area contributed by atoms with Gasteiger partial charge in [0.15, 0.2) is 5.60 Å². The van der Waals surface area contributed by atoms with Crippen molar-refractivity contribution in [1.29, 1.82) is 0 Å². The first-order valence-electron chi connectivity index (χ1n) is 7.10. The monoisotopic (exact) mass is 312 g/mol. The van der Waals surface area contributed by atoms with Crippen LogP contribution in [0.4, 0.5) is 0 Å². The Labute approximate surface area is 127 Å². The molecule has 1 aromatic heterocycles. The molecule has 1 amide bonds. The fraction of sp³-hybridized carbons (Fsp3) is 0.714. The number of piperidine rings is 1. The predicted molar refractivity (Wildman–Crippen MR) is 82.3 cm³/mol. The van der Waals surface area contributed by atoms with E-state index in [0.717, 1.165) is 37.4 Å². The Kier molecular flexibility index (Phi) is 4.06. The molecule has 110 valence electrons. The van der Waals surface area contributed by atoms with E-state index in [-0.39, 0.29) is 5.91 Å². The molecule has 0 spiro atoms. The average molecular weight is 312 g/mol. The highest BCUT2D eigenvalue weighted by Crippen LogP contribution is 2.34. The second-order valence-corrected chi connectivity index (χ2v) is 7.72. The minimum absolute atomic E-state index is 0.0590. The summed E-state index contributed by atoms with van der Waals surface area (Å²) in [6.07, 6.45) is 2.52. The van der Waals surface area contributed by atoms with Crippen LogP contribution in [0.15, 0.2) is 5.38 Å². The third-order valence-electron chi connectivity index (χ3n) is 4.17. The van der Waals surface area contributed by atoms with Crippen molar-refractivity contribution >= 4 is 29.0 Å². The lowest BCUT2D eigenvalue weighted by atomic mass is 9.94. The van der Waals surface area contributed by atoms with Gasteiger partial charge in [-0.3, -0.25) is 4.79 Å². The van der Waals surface area contributed by atoms with Crippen molar-refractivity contribution in [2.24, 2.45) is 0 Å². The molecule has 2 fully saturated rings. The summed E-state index contributed by atoms with van der Waals surface area (Å²) in [6, 6.07) is 0. The molecule has 0 aliphatic carbocycles. The predicted octanol–water partition coefficient (Wildman–Crippen LogP) is 2.03. The highest BCUT2D eigenvalue weighted by Gasteiger charge is 2.43. The first-order valence-corrected chi connectivity index (χ1v) is 9.13. The van der Waals surface area contributed by atoms with E-state index in [9.17, 15) is 9.90 Å². The summed E-state index contributed by atoms with van der Waals surface area (Å²) in [6.45, 7) is 3.51. The van der Waals surface area contributed by atoms with Crippen molar-refractivity contribution in [2.45, 2.75) is 37.7 Å². The van der Waals surface area contributed by atoms with Crippen molar-refractivity contribution in [2.75, 3.05) is 24.6 Å². The molecule has 2 aliphatic heterocycles. The Morgan fingerprint density at radius 3 is 2.80 bits per heavy atom. The summed E-state index contributed by atoms with van der Waals surface area (Å²) >= 11 is 3.39. The number of amides is 1. The molecule has 2 saturated heterocycles. The zero-order chi connectivity index (χ0) is 14.2. The number of hydrogen-bond acceptors (Lipinski definition) is 5. The molecule has 0 aromatic carbocycles. The van der Waals surface area contributed by atoms with Crippen LogP contribution in [0.5, 0.6) is 0 Å². The van der Waals surface area contributed by atoms with Gasteiger partial charge in [-0.1, -0.05) is 0 Å². The SMILES string of the molecule is Cc1csc(C2CCN(C(=O)C3(O)CCSC3)CC2)n1. The van der Waals surface area contributed by atoms with Gasteiger partial charge >= 0.3 is 0 Å². The number of aliphatic hydroxyl groups is 1. The van der Waals surface area contributed by atoms with Crippen molar-refractivity contribution in [1.82, 2.24) is 9.88 Å². The number of hydrogen-bond donors (Lipinski definition) is 1. The van der Waals surface area contributed by atoms with Crippen LogP contribution in [0.25, 0.3) is 0 Å². The minimum Gasteiger partial charge on any atom is -0.379 e. The zero-order valence-corrected chi connectivity index (χ0v) is 13.3. The third kappa shape index (κ3) is 2.73. The highest BCUT2D eigenvalue weighted by molar-refractivity contribution is 7.99. The van der Waals surface area contributed by atoms with E-state index in [1.807, 2.05) is 11.8 Å². The topological polar surface area (TPSA) is 53.4 Å². The van der Waals surface area contributed by atoms with Gasteiger partial charge < -0.3 is 10.0 Å². The zero-order valence-electron chi connectivity index (χ0n) is 11.7. The number of thiazole rings is 1. The fourth-order valence-electron chi connectivity index (χ4n) is 2.91. The first-order chi connectivity index (χ1) is 9.58. The highest BCUT2D eigenvalue weighted by atomic mass is 32.2. The van der Waals surface area contributed by atoms with Crippen LogP contribution in [0.1, 0.15) is 35.9 Å². The Balaban J connectivity index is 1.59. The van der Waals surface area contributed by atoms with Gasteiger partial charge in [0.2, 0.25) is 0 Å². The molecular weight excluding hydrogens is 292 g/mol. The number of nitrogens with zero attached hydrogens (tertiary/aromatic N) is 2. The number of likely N-dealkylation sites (tertiary alicyclic amines) is 1. The molecule has 4 nitrogen and oxygen atoms in total. The number of rotatable bonds is 2. The second-order valence-electron chi connectivity index (χ2n) is 5.73. The summed E-state index contributed by atoms with van der Waals surface area (Å²) in [4.78, 5) is 18.8. The van der Waals surface area contributed by atoms with E-state index >= 15 is 0 Å². The van der Waals surface area contributed by atoms with Crippen LogP contribution in [0.3, 0.4) is 0 Å². The van der Waals surface area contributed by atoms with Gasteiger partial charge in [-0.05, 0) is 31.9 Å². The number of aromatic nitrogens is 1. The fourth-order valence-corrected chi connectivity index (χ4v) is 5.11. The lowest BCUT2D eigenvalue weighted by Crippen LogP contribution is -2.51. The lowest BCUT2D eigenvalue weighted by Gasteiger charge is -2.35. The van der Waals surface area contributed by atoms with Crippen LogP contribution < -0.4 is 0 Å². The van der Waals surface area contributed by atoms with E-state index in [0.29, 0.717) is 18.1 Å². The Morgan fingerprint density at radius 1 is 1.50 bits per heavy atom. The molecule has 20 heavy (non-hydrogen) atoms. The average Bonchev–Trinajstić information content (AvgIpc) is 3.08. The maximum absolute atomic E-state index is 12.4. The quantitative estimate of drug-likeness (QED) is 0.908. The van der Waals surface area contributed by atoms with Crippen molar-refractivity contribution in [3.05, 3.63) is 16.1 Å². The van der Waals surface area contributed by atoms with Gasteiger partial charge in [-0.15, -0.1) is 11.3 Å². The van der Waals surface area contributed by atoms with Gasteiger partial charge in [0.05, 0.1) is 5.01 Å². The molecule has 6 heteroatoms. The summed E-state index contributed by atoms with van der Waals surface area (Å²) in [5.74, 6) is 1.86. The molecule has 1 aromatic rings. The molecule has 3 rings (SSSR count). The first kappa shape index (κ1) is 14.4. The van der Waals surface area contributed by atoms with E-state index in [1.54, 1.807) is 23.1 Å². The summed E-state index contributed by atoms with van der Waals surface area (Å²) in [5.41, 5.74) is -0.0178. The van der Waals surface area contributed by atoms with Crippen LogP contribution in [0, 0.1) is 6.92 Å². The normalized spacial score (nSPS) is 28.0. The van der Waals surface area contributed by atoms with Crippen LogP contribution in [-0.2, 0) is 4.79 Å². The Bertz CT molecular complexity index is 489. The van der Waals surface area contributed by atoms with Crippen LogP contribution in [0.2, 0.25) is 0 Å². The van der Waals surface area contributed by atoms with Gasteiger partial charge in [0.1, 0.15) is 0 Å². The number of carbonyl (C=O) groups is 1. The van der Waals surface area contributed by atoms with Crippen molar-refractivity contribution < 1.29 is 9.90 Å². The Hall–Kier alpha value is -0.590. The summed E-state index contributed by atoms with van der Waals surface area (Å²) in [7, 11) is 0. The third-order valence-corrected chi connectivity index (χ3v) is 6.47. The standard InChI is InChI=1S/C14H20N2O2S2/c1-10-8-20-12(15-10)11-2-5-16(6-3-11)13(17)14(18)4-7-19-9-14/h8,11,18H,2-7,9H2,1H3. The number of thioether (sulfide) groups is 1. The van der Waals surface area contributed by atoms with Crippen molar-refractivity contribution in [3.63, 3.8) is 0 Å². The number of aryl methyl sites for hydroxylation is 1. The molecule has 1 N–H and O–H groups in total. The van der Waals surface area contributed by atoms with Crippen LogP contribution >= 0.6 is 23.1 Å². The largest absolute Gasteiger partial charge is 0.379 e. The molecule has 0 saturated carbocycles. The van der Waals surface area contributed by atoms with Gasteiger partial charge in [0, 0.05) is 35.8 Å². The maximum atomic E-state index is 12.4. The maximum Gasteiger partial charge on any atom is 0.255 e. The van der Waals surface area contributed by atoms with E-state index in [2.05, 4.69) is 10.4 Å². The molecule has 1 unspecified atom stereocenters. The van der Waals surface area contributed by atoms with Crippen LogP contribution in [-0.4, -0.2) is 51.1 Å². The smallest absolute Gasteiger partial charge is 0.255 e. The van der Waals surface area contributed by atoms with Gasteiger partial charge in [-0.2, -0.15) is 11.8 Å². The van der Waals surface area contributed by atoms with E-state index in [1.165, 1.54) is 5.01 Å². The summed E-state index contributed by atoms with van der Waals surface area (Å²) < 4.78 is 0. The lowest BCUT2D eigenvalue weighted by molar-refractivity contribution is -0.149. The number of carbonyl (C=O) groups excluding carboxylic acids is 1. The molecular formula is C14H20N2O2S2. The summed E-state index contributed by atoms with van der Waals surface area (Å²) in [5, 5.41) is 13.7. The molecule has 3 heterocycles. The van der Waals surface area contributed by atoms with E-state index in [4.69, 9.17) is 0 Å². The molecule has 0 radical (unpaired) electrons. The minimum atomic E-state index is -1.10. The van der Waals surface area contributed by atoms with Gasteiger partial charge in [0.25, 0.3) is 5.91 Å². The van der Waals surface area contributed by atoms with E-state index < -0.39 is 5.60 Å². The van der Waals surface area contributed by atoms with Gasteiger partial charge in [-0.25, -0.2) is 4.98 Å².